The number of hydrogen-bond acceptors (Lipinski definition) is 5. The van der Waals surface area contributed by atoms with Crippen molar-refractivity contribution in [3.8, 4) is 17.2 Å². The average Bonchev–Trinajstić information content (AvgIpc) is 2.66. The molecule has 0 fully saturated rings. The van der Waals surface area contributed by atoms with Crippen LogP contribution in [-0.2, 0) is 0 Å². The zero-order valence-corrected chi connectivity index (χ0v) is 15.7. The molecular formula is C21H22N2O3. The second kappa shape index (κ2) is 7.44. The lowest BCUT2D eigenvalue weighted by molar-refractivity contribution is 0.324. The summed E-state index contributed by atoms with van der Waals surface area (Å²) < 4.78 is 16.1. The number of nitrogens with zero attached hydrogens (tertiary/aromatic N) is 2. The summed E-state index contributed by atoms with van der Waals surface area (Å²) in [6.45, 7) is 3.94. The number of methoxy groups -OCH3 is 3. The highest BCUT2D eigenvalue weighted by molar-refractivity contribution is 5.81. The van der Waals surface area contributed by atoms with Crippen molar-refractivity contribution in [2.24, 2.45) is 0 Å². The summed E-state index contributed by atoms with van der Waals surface area (Å²) in [7, 11) is 4.81. The number of hydrogen-bond donors (Lipinski definition) is 0. The van der Waals surface area contributed by atoms with Crippen molar-refractivity contribution in [2.75, 3.05) is 21.3 Å². The van der Waals surface area contributed by atoms with E-state index in [1.165, 1.54) is 0 Å². The van der Waals surface area contributed by atoms with Gasteiger partial charge < -0.3 is 14.2 Å². The SMILES string of the molecule is COc1cc(/C=C\c2ccc3nc(C)c(C)nc3c2)cc(OC)c1OC. The van der Waals surface area contributed by atoms with E-state index in [1.807, 2.05) is 56.3 Å². The van der Waals surface area contributed by atoms with Gasteiger partial charge >= 0.3 is 0 Å². The fourth-order valence-corrected chi connectivity index (χ4v) is 2.74. The second-order valence-corrected chi connectivity index (χ2v) is 5.93. The molecule has 2 aromatic carbocycles. The van der Waals surface area contributed by atoms with Gasteiger partial charge in [0.25, 0.3) is 0 Å². The number of fused-ring (bicyclic) bond motifs is 1. The largest absolute Gasteiger partial charge is 0.493 e. The van der Waals surface area contributed by atoms with Gasteiger partial charge in [0.15, 0.2) is 11.5 Å². The molecule has 0 N–H and O–H groups in total. The first-order chi connectivity index (χ1) is 12.5. The molecule has 0 atom stereocenters. The minimum absolute atomic E-state index is 0.582. The van der Waals surface area contributed by atoms with Gasteiger partial charge in [-0.15, -0.1) is 0 Å². The van der Waals surface area contributed by atoms with E-state index in [-0.39, 0.29) is 0 Å². The van der Waals surface area contributed by atoms with Gasteiger partial charge in [0.1, 0.15) is 0 Å². The van der Waals surface area contributed by atoms with E-state index in [9.17, 15) is 0 Å². The van der Waals surface area contributed by atoms with Gasteiger partial charge in [0.05, 0.1) is 43.8 Å². The van der Waals surface area contributed by atoms with E-state index in [2.05, 4.69) is 9.97 Å². The number of aromatic nitrogens is 2. The molecule has 0 saturated heterocycles. The van der Waals surface area contributed by atoms with E-state index in [0.29, 0.717) is 17.2 Å². The summed E-state index contributed by atoms with van der Waals surface area (Å²) in [6, 6.07) is 9.87. The van der Waals surface area contributed by atoms with Crippen LogP contribution in [0, 0.1) is 13.8 Å². The molecule has 26 heavy (non-hydrogen) atoms. The van der Waals surface area contributed by atoms with Crippen LogP contribution in [0.15, 0.2) is 30.3 Å². The fraction of sp³-hybridized carbons (Fsp3) is 0.238. The molecule has 1 heterocycles. The predicted octanol–water partition coefficient (Wildman–Crippen LogP) is 4.44. The quantitative estimate of drug-likeness (QED) is 0.637. The maximum atomic E-state index is 5.40. The molecule has 0 amide bonds. The topological polar surface area (TPSA) is 53.5 Å². The molecule has 3 rings (SSSR count). The Kier molecular flexibility index (Phi) is 5.07. The smallest absolute Gasteiger partial charge is 0.203 e. The van der Waals surface area contributed by atoms with Crippen LogP contribution in [0.4, 0.5) is 0 Å². The van der Waals surface area contributed by atoms with Gasteiger partial charge in [-0.3, -0.25) is 0 Å². The predicted molar refractivity (Wildman–Crippen MR) is 104 cm³/mol. The van der Waals surface area contributed by atoms with E-state index in [0.717, 1.165) is 33.5 Å². The molecule has 5 nitrogen and oxygen atoms in total. The highest BCUT2D eigenvalue weighted by Gasteiger charge is 2.12. The molecule has 0 aliphatic rings. The van der Waals surface area contributed by atoms with Crippen LogP contribution in [-0.4, -0.2) is 31.3 Å². The van der Waals surface area contributed by atoms with E-state index in [1.54, 1.807) is 21.3 Å². The van der Waals surface area contributed by atoms with Crippen molar-refractivity contribution in [2.45, 2.75) is 13.8 Å². The van der Waals surface area contributed by atoms with Crippen LogP contribution in [0.5, 0.6) is 17.2 Å². The van der Waals surface area contributed by atoms with Gasteiger partial charge in [-0.1, -0.05) is 18.2 Å². The minimum Gasteiger partial charge on any atom is -0.493 e. The second-order valence-electron chi connectivity index (χ2n) is 5.93. The van der Waals surface area contributed by atoms with E-state index < -0.39 is 0 Å². The molecule has 0 spiro atoms. The zero-order valence-electron chi connectivity index (χ0n) is 15.7. The van der Waals surface area contributed by atoms with Crippen LogP contribution in [0.2, 0.25) is 0 Å². The molecule has 134 valence electrons. The molecule has 1 aromatic heterocycles. The Labute approximate surface area is 153 Å². The fourth-order valence-electron chi connectivity index (χ4n) is 2.74. The Balaban J connectivity index is 1.97. The monoisotopic (exact) mass is 350 g/mol. The molecule has 3 aromatic rings. The van der Waals surface area contributed by atoms with Gasteiger partial charge in [0, 0.05) is 0 Å². The Morgan fingerprint density at radius 2 is 1.27 bits per heavy atom. The van der Waals surface area contributed by atoms with Gasteiger partial charge in [-0.25, -0.2) is 9.97 Å². The van der Waals surface area contributed by atoms with Crippen molar-refractivity contribution in [3.05, 3.63) is 52.8 Å². The maximum Gasteiger partial charge on any atom is 0.203 e. The molecule has 0 radical (unpaired) electrons. The Morgan fingerprint density at radius 3 is 1.85 bits per heavy atom. The lowest BCUT2D eigenvalue weighted by Crippen LogP contribution is -1.95. The Bertz CT molecular complexity index is 955. The number of aryl methyl sites for hydroxylation is 2. The summed E-state index contributed by atoms with van der Waals surface area (Å²) in [4.78, 5) is 9.18. The third-order valence-corrected chi connectivity index (χ3v) is 4.25. The highest BCUT2D eigenvalue weighted by Crippen LogP contribution is 2.38. The summed E-state index contributed by atoms with van der Waals surface area (Å²) in [5.41, 5.74) is 5.69. The first kappa shape index (κ1) is 17.7. The van der Waals surface area contributed by atoms with Crippen molar-refractivity contribution < 1.29 is 14.2 Å². The Hall–Kier alpha value is -3.08. The van der Waals surface area contributed by atoms with Gasteiger partial charge in [-0.05, 0) is 49.2 Å². The van der Waals surface area contributed by atoms with Crippen LogP contribution in [0.3, 0.4) is 0 Å². The number of ether oxygens (including phenoxy) is 3. The van der Waals surface area contributed by atoms with Crippen molar-refractivity contribution in [3.63, 3.8) is 0 Å². The molecule has 0 aliphatic carbocycles. The van der Waals surface area contributed by atoms with Crippen LogP contribution < -0.4 is 14.2 Å². The third kappa shape index (κ3) is 3.47. The van der Waals surface area contributed by atoms with E-state index >= 15 is 0 Å². The van der Waals surface area contributed by atoms with Crippen molar-refractivity contribution in [1.29, 1.82) is 0 Å². The molecule has 0 bridgehead atoms. The van der Waals surface area contributed by atoms with Gasteiger partial charge in [-0.2, -0.15) is 0 Å². The van der Waals surface area contributed by atoms with E-state index in [4.69, 9.17) is 14.2 Å². The zero-order chi connectivity index (χ0) is 18.7. The molecule has 0 aliphatic heterocycles. The average molecular weight is 350 g/mol. The summed E-state index contributed by atoms with van der Waals surface area (Å²) >= 11 is 0. The Morgan fingerprint density at radius 1 is 0.692 bits per heavy atom. The number of benzene rings is 2. The summed E-state index contributed by atoms with van der Waals surface area (Å²) in [5.74, 6) is 1.84. The summed E-state index contributed by atoms with van der Waals surface area (Å²) in [5, 5.41) is 0. The normalized spacial score (nSPS) is 11.1. The van der Waals surface area contributed by atoms with Crippen molar-refractivity contribution >= 4 is 23.2 Å². The lowest BCUT2D eigenvalue weighted by atomic mass is 10.1. The standard InChI is InChI=1S/C21H22N2O3/c1-13-14(2)23-18-10-15(8-9-17(18)22-13)6-7-16-11-19(24-3)21(26-5)20(12-16)25-4/h6-12H,1-5H3/b7-6-. The van der Waals surface area contributed by atoms with Crippen LogP contribution >= 0.6 is 0 Å². The van der Waals surface area contributed by atoms with Gasteiger partial charge in [0.2, 0.25) is 5.75 Å². The first-order valence-corrected chi connectivity index (χ1v) is 8.28. The molecule has 5 heteroatoms. The lowest BCUT2D eigenvalue weighted by Gasteiger charge is -2.12. The number of rotatable bonds is 5. The maximum absolute atomic E-state index is 5.40. The molecule has 0 saturated carbocycles. The van der Waals surface area contributed by atoms with Crippen molar-refractivity contribution in [1.82, 2.24) is 9.97 Å². The van der Waals surface area contributed by atoms with Crippen LogP contribution in [0.1, 0.15) is 22.5 Å². The highest BCUT2D eigenvalue weighted by atomic mass is 16.5. The minimum atomic E-state index is 0.582. The van der Waals surface area contributed by atoms with Crippen LogP contribution in [0.25, 0.3) is 23.2 Å². The first-order valence-electron chi connectivity index (χ1n) is 8.28. The molecular weight excluding hydrogens is 328 g/mol. The third-order valence-electron chi connectivity index (χ3n) is 4.25. The summed E-state index contributed by atoms with van der Waals surface area (Å²) in [6.07, 6.45) is 4.02. The molecule has 0 unspecified atom stereocenters.